The summed E-state index contributed by atoms with van der Waals surface area (Å²) in [5.74, 6) is -0.662. The van der Waals surface area contributed by atoms with Crippen LogP contribution in [0.25, 0.3) is 0 Å². The van der Waals surface area contributed by atoms with Crippen LogP contribution in [-0.2, 0) is 11.2 Å². The molecule has 0 aliphatic rings. The first kappa shape index (κ1) is 11.0. The van der Waals surface area contributed by atoms with E-state index in [0.29, 0.717) is 5.56 Å². The van der Waals surface area contributed by atoms with E-state index in [1.165, 1.54) is 18.2 Å². The van der Waals surface area contributed by atoms with Crippen LogP contribution in [0.5, 0.6) is 0 Å². The minimum absolute atomic E-state index is 0.123. The third-order valence-electron chi connectivity index (χ3n) is 1.80. The van der Waals surface area contributed by atoms with E-state index < -0.39 is 10.7 Å². The first-order chi connectivity index (χ1) is 7.15. The van der Waals surface area contributed by atoms with Gasteiger partial charge in [0, 0.05) is 6.07 Å². The molecule has 0 heterocycles. The maximum absolute atomic E-state index is 13.2. The second-order valence-corrected chi connectivity index (χ2v) is 2.76. The number of hydrogen-bond donors (Lipinski definition) is 0. The molecule has 0 bridgehead atoms. The van der Waals surface area contributed by atoms with Crippen LogP contribution in [0.3, 0.4) is 0 Å². The van der Waals surface area contributed by atoms with Gasteiger partial charge in [-0.05, 0) is 18.1 Å². The highest BCUT2D eigenvalue weighted by Gasteiger charge is 2.09. The molecule has 0 aliphatic carbocycles. The fourth-order valence-corrected chi connectivity index (χ4v) is 1.07. The van der Waals surface area contributed by atoms with Crippen molar-refractivity contribution in [3.05, 3.63) is 39.7 Å². The number of hydrogen-bond acceptors (Lipinski definition) is 4. The molecule has 1 rings (SSSR count). The molecule has 1 aromatic rings. The van der Waals surface area contributed by atoms with Crippen molar-refractivity contribution in [1.82, 2.24) is 0 Å². The number of nitrogens with zero attached hydrogens (tertiary/aromatic N) is 2. The summed E-state index contributed by atoms with van der Waals surface area (Å²) in [7, 11) is 0. The first-order valence-electron chi connectivity index (χ1n) is 4.11. The summed E-state index contributed by atoms with van der Waals surface area (Å²) in [6.07, 6.45) is 1.55. The molecule has 0 N–H and O–H groups in total. The molecule has 6 heteroatoms. The van der Waals surface area contributed by atoms with Gasteiger partial charge < -0.3 is 0 Å². The number of non-ortho nitro benzene ring substituents is 1. The Hall–Kier alpha value is -2.07. The summed E-state index contributed by atoms with van der Waals surface area (Å²) < 4.78 is 13.2. The highest BCUT2D eigenvalue weighted by Crippen LogP contribution is 2.16. The van der Waals surface area contributed by atoms with Crippen molar-refractivity contribution in [3.63, 3.8) is 0 Å². The van der Waals surface area contributed by atoms with Crippen molar-refractivity contribution in [2.45, 2.75) is 6.42 Å². The Labute approximate surface area is 84.4 Å². The van der Waals surface area contributed by atoms with Gasteiger partial charge in [-0.25, -0.2) is 14.2 Å². The molecule has 0 saturated heterocycles. The maximum Gasteiger partial charge on any atom is 0.272 e. The summed E-state index contributed by atoms with van der Waals surface area (Å²) in [5.41, 5.74) is -0.00487. The average Bonchev–Trinajstić information content (AvgIpc) is 2.20. The van der Waals surface area contributed by atoms with Gasteiger partial charge in [-0.15, -0.1) is 0 Å². The van der Waals surface area contributed by atoms with E-state index in [9.17, 15) is 19.3 Å². The van der Waals surface area contributed by atoms with Gasteiger partial charge in [-0.3, -0.25) is 10.1 Å². The van der Waals surface area contributed by atoms with Gasteiger partial charge in [0.25, 0.3) is 5.69 Å². The van der Waals surface area contributed by atoms with Crippen molar-refractivity contribution in [1.29, 1.82) is 0 Å². The van der Waals surface area contributed by atoms with Gasteiger partial charge in [-0.2, -0.15) is 0 Å². The Balaban J connectivity index is 2.83. The van der Waals surface area contributed by atoms with E-state index >= 15 is 0 Å². The molecular weight excluding hydrogens is 203 g/mol. The van der Waals surface area contributed by atoms with Gasteiger partial charge in [-0.1, -0.05) is 0 Å². The van der Waals surface area contributed by atoms with Crippen molar-refractivity contribution in [2.75, 3.05) is 6.54 Å². The number of isocyanates is 1. The molecule has 0 spiro atoms. The lowest BCUT2D eigenvalue weighted by molar-refractivity contribution is -0.385. The fraction of sp³-hybridized carbons (Fsp3) is 0.222. The minimum atomic E-state index is -0.670. The van der Waals surface area contributed by atoms with Crippen LogP contribution in [0.4, 0.5) is 10.1 Å². The molecule has 78 valence electrons. The van der Waals surface area contributed by atoms with E-state index in [-0.39, 0.29) is 18.7 Å². The maximum atomic E-state index is 13.2. The predicted molar refractivity (Wildman–Crippen MR) is 49.7 cm³/mol. The highest BCUT2D eigenvalue weighted by atomic mass is 19.1. The highest BCUT2D eigenvalue weighted by molar-refractivity contribution is 5.35. The lowest BCUT2D eigenvalue weighted by Crippen LogP contribution is -1.96. The normalized spacial score (nSPS) is 9.40. The fourth-order valence-electron chi connectivity index (χ4n) is 1.07. The van der Waals surface area contributed by atoms with E-state index in [0.717, 1.165) is 6.07 Å². The molecule has 0 amide bonds. The van der Waals surface area contributed by atoms with Crippen LogP contribution in [0.1, 0.15) is 5.56 Å². The molecule has 0 saturated carbocycles. The molecular formula is C9H7FN2O3. The van der Waals surface area contributed by atoms with Crippen LogP contribution in [-0.4, -0.2) is 17.5 Å². The topological polar surface area (TPSA) is 72.6 Å². The number of aliphatic imine (C=N–C) groups is 1. The second kappa shape index (κ2) is 4.97. The first-order valence-corrected chi connectivity index (χ1v) is 4.11. The average molecular weight is 210 g/mol. The molecule has 0 atom stereocenters. The summed E-state index contributed by atoms with van der Waals surface area (Å²) in [6.45, 7) is 0.123. The van der Waals surface area contributed by atoms with Crippen LogP contribution < -0.4 is 0 Å². The van der Waals surface area contributed by atoms with Gasteiger partial charge in [0.05, 0.1) is 17.5 Å². The SMILES string of the molecule is O=C=NCCc1ccc([N+](=O)[O-])cc1F. The molecule has 0 aliphatic heterocycles. The van der Waals surface area contributed by atoms with Crippen LogP contribution in [0, 0.1) is 15.9 Å². The number of halogens is 1. The smallest absolute Gasteiger partial charge is 0.258 e. The quantitative estimate of drug-likeness (QED) is 0.328. The second-order valence-electron chi connectivity index (χ2n) is 2.76. The summed E-state index contributed by atoms with van der Waals surface area (Å²) in [6, 6.07) is 3.37. The number of nitro benzene ring substituents is 1. The van der Waals surface area contributed by atoms with Crippen molar-refractivity contribution < 1.29 is 14.1 Å². The Morgan fingerprint density at radius 3 is 2.80 bits per heavy atom. The van der Waals surface area contributed by atoms with Crippen LogP contribution in [0.2, 0.25) is 0 Å². The number of rotatable bonds is 4. The summed E-state index contributed by atoms with van der Waals surface area (Å²) in [5, 5.41) is 10.3. The Bertz CT molecular complexity index is 427. The summed E-state index contributed by atoms with van der Waals surface area (Å²) in [4.78, 5) is 22.6. The molecule has 0 aromatic heterocycles. The third-order valence-corrected chi connectivity index (χ3v) is 1.80. The van der Waals surface area contributed by atoms with Crippen LogP contribution in [0.15, 0.2) is 23.2 Å². The van der Waals surface area contributed by atoms with Crippen molar-refractivity contribution in [3.8, 4) is 0 Å². The monoisotopic (exact) mass is 210 g/mol. The zero-order valence-corrected chi connectivity index (χ0v) is 7.64. The largest absolute Gasteiger partial charge is 0.272 e. The van der Waals surface area contributed by atoms with E-state index in [1.54, 1.807) is 0 Å². The third kappa shape index (κ3) is 2.96. The predicted octanol–water partition coefficient (Wildman–Crippen LogP) is 1.61. The van der Waals surface area contributed by atoms with Gasteiger partial charge in [0.1, 0.15) is 5.82 Å². The van der Waals surface area contributed by atoms with E-state index in [1.807, 2.05) is 0 Å². The Morgan fingerprint density at radius 1 is 1.53 bits per heavy atom. The molecule has 5 nitrogen and oxygen atoms in total. The van der Waals surface area contributed by atoms with E-state index in [2.05, 4.69) is 4.99 Å². The standard InChI is InChI=1S/C9H7FN2O3/c10-9-5-8(12(14)15)2-1-7(9)3-4-11-6-13/h1-2,5H,3-4H2. The zero-order chi connectivity index (χ0) is 11.3. The molecule has 0 unspecified atom stereocenters. The van der Waals surface area contributed by atoms with Crippen molar-refractivity contribution >= 4 is 11.8 Å². The molecule has 1 aromatic carbocycles. The molecule has 0 radical (unpaired) electrons. The minimum Gasteiger partial charge on any atom is -0.258 e. The van der Waals surface area contributed by atoms with Gasteiger partial charge >= 0.3 is 0 Å². The zero-order valence-electron chi connectivity index (χ0n) is 7.64. The lowest BCUT2D eigenvalue weighted by atomic mass is 10.1. The van der Waals surface area contributed by atoms with Gasteiger partial charge in [0.15, 0.2) is 0 Å². The summed E-state index contributed by atoms with van der Waals surface area (Å²) >= 11 is 0. The Morgan fingerprint density at radius 2 is 2.27 bits per heavy atom. The molecule has 15 heavy (non-hydrogen) atoms. The lowest BCUT2D eigenvalue weighted by Gasteiger charge is -1.99. The van der Waals surface area contributed by atoms with Crippen molar-refractivity contribution in [2.24, 2.45) is 4.99 Å². The number of carbonyl (C=O) groups excluding carboxylic acids is 1. The van der Waals surface area contributed by atoms with Gasteiger partial charge in [0.2, 0.25) is 6.08 Å². The molecule has 0 fully saturated rings. The van der Waals surface area contributed by atoms with Crippen LogP contribution >= 0.6 is 0 Å². The van der Waals surface area contributed by atoms with E-state index in [4.69, 9.17) is 0 Å². The number of benzene rings is 1. The Kier molecular flexibility index (Phi) is 3.65. The number of nitro groups is 1.